The van der Waals surface area contributed by atoms with E-state index in [0.29, 0.717) is 5.56 Å². The van der Waals surface area contributed by atoms with Gasteiger partial charge in [-0.3, -0.25) is 20.2 Å². The van der Waals surface area contributed by atoms with Crippen LogP contribution in [0.5, 0.6) is 0 Å². The smallest absolute Gasteiger partial charge is 0.342 e. The van der Waals surface area contributed by atoms with Crippen LogP contribution >= 0.6 is 0 Å². The molecule has 0 amide bonds. The van der Waals surface area contributed by atoms with E-state index in [2.05, 4.69) is 0 Å². The molecular formula is C15H19FN2O6. The third-order valence-corrected chi connectivity index (χ3v) is 3.20. The van der Waals surface area contributed by atoms with E-state index in [0.717, 1.165) is 6.07 Å². The highest BCUT2D eigenvalue weighted by molar-refractivity contribution is 5.76. The standard InChI is InChI=1S/C15H19FN2O6/c1-9-5-6-10(18(22)23)7-11(9)12(8-17(20)21)13(16)14(19)24-15(2,3)4/h5-7,12-13H,8H2,1-4H3. The Morgan fingerprint density at radius 2 is 1.88 bits per heavy atom. The number of nitro groups is 2. The van der Waals surface area contributed by atoms with Gasteiger partial charge in [0.05, 0.1) is 10.8 Å². The van der Waals surface area contributed by atoms with Crippen molar-refractivity contribution >= 4 is 11.7 Å². The maximum absolute atomic E-state index is 14.6. The number of benzene rings is 1. The van der Waals surface area contributed by atoms with Crippen LogP contribution in [0.3, 0.4) is 0 Å². The van der Waals surface area contributed by atoms with E-state index in [-0.39, 0.29) is 11.3 Å². The van der Waals surface area contributed by atoms with Gasteiger partial charge in [0.1, 0.15) is 5.60 Å². The van der Waals surface area contributed by atoms with Crippen molar-refractivity contribution in [2.45, 2.75) is 45.4 Å². The van der Waals surface area contributed by atoms with Crippen LogP contribution in [0.2, 0.25) is 0 Å². The summed E-state index contributed by atoms with van der Waals surface area (Å²) in [4.78, 5) is 32.2. The molecule has 0 fully saturated rings. The summed E-state index contributed by atoms with van der Waals surface area (Å²) in [5.41, 5.74) is -0.837. The number of carbonyl (C=O) groups is 1. The average molecular weight is 342 g/mol. The third-order valence-electron chi connectivity index (χ3n) is 3.20. The lowest BCUT2D eigenvalue weighted by atomic mass is 9.90. The zero-order valence-corrected chi connectivity index (χ0v) is 13.8. The Hall–Kier alpha value is -2.58. The number of non-ortho nitro benzene ring substituents is 1. The molecule has 2 unspecified atom stereocenters. The Balaban J connectivity index is 3.27. The van der Waals surface area contributed by atoms with E-state index in [1.165, 1.54) is 19.1 Å². The lowest BCUT2D eigenvalue weighted by Crippen LogP contribution is -2.35. The molecule has 24 heavy (non-hydrogen) atoms. The molecule has 1 aromatic rings. The molecule has 1 aromatic carbocycles. The maximum Gasteiger partial charge on any atom is 0.342 e. The summed E-state index contributed by atoms with van der Waals surface area (Å²) < 4.78 is 19.5. The number of halogens is 1. The van der Waals surface area contributed by atoms with E-state index < -0.39 is 40.1 Å². The normalized spacial score (nSPS) is 13.9. The molecule has 132 valence electrons. The molecule has 8 nitrogen and oxygen atoms in total. The summed E-state index contributed by atoms with van der Waals surface area (Å²) in [5, 5.41) is 21.8. The molecule has 0 radical (unpaired) electrons. The van der Waals surface area contributed by atoms with Crippen molar-refractivity contribution in [1.82, 2.24) is 0 Å². The minimum absolute atomic E-state index is 0.0410. The molecule has 0 saturated carbocycles. The van der Waals surface area contributed by atoms with Crippen LogP contribution in [0.15, 0.2) is 18.2 Å². The number of aryl methyl sites for hydroxylation is 1. The second-order valence-corrected chi connectivity index (χ2v) is 6.36. The lowest BCUT2D eigenvalue weighted by molar-refractivity contribution is -0.484. The summed E-state index contributed by atoms with van der Waals surface area (Å²) in [7, 11) is 0. The van der Waals surface area contributed by atoms with Crippen LogP contribution in [0.4, 0.5) is 10.1 Å². The lowest BCUT2D eigenvalue weighted by Gasteiger charge is -2.24. The molecule has 1 rings (SSSR count). The quantitative estimate of drug-likeness (QED) is 0.446. The molecule has 0 aromatic heterocycles. The predicted octanol–water partition coefficient (Wildman–Crippen LogP) is 2.94. The van der Waals surface area contributed by atoms with E-state index in [4.69, 9.17) is 4.74 Å². The molecule has 0 saturated heterocycles. The molecule has 2 atom stereocenters. The summed E-state index contributed by atoms with van der Waals surface area (Å²) in [6, 6.07) is 3.63. The predicted molar refractivity (Wildman–Crippen MR) is 83.2 cm³/mol. The largest absolute Gasteiger partial charge is 0.458 e. The number of esters is 1. The second kappa shape index (κ2) is 7.33. The number of carbonyl (C=O) groups excluding carboxylic acids is 1. The summed E-state index contributed by atoms with van der Waals surface area (Å²) in [6.07, 6.45) is -2.31. The highest BCUT2D eigenvalue weighted by atomic mass is 19.1. The molecule has 0 N–H and O–H groups in total. The number of ether oxygens (including phenoxy) is 1. The molecule has 0 spiro atoms. The van der Waals surface area contributed by atoms with Crippen LogP contribution in [-0.4, -0.2) is 34.1 Å². The molecule has 0 aliphatic rings. The summed E-state index contributed by atoms with van der Waals surface area (Å²) >= 11 is 0. The topological polar surface area (TPSA) is 113 Å². The first-order chi connectivity index (χ1) is 10.9. The molecule has 9 heteroatoms. The zero-order valence-electron chi connectivity index (χ0n) is 13.8. The fourth-order valence-electron chi connectivity index (χ4n) is 2.17. The van der Waals surface area contributed by atoms with Crippen molar-refractivity contribution in [3.8, 4) is 0 Å². The number of nitro benzene ring substituents is 1. The fourth-order valence-corrected chi connectivity index (χ4v) is 2.17. The molecule has 0 aliphatic carbocycles. The second-order valence-electron chi connectivity index (χ2n) is 6.36. The van der Waals surface area contributed by atoms with Gasteiger partial charge in [0, 0.05) is 17.1 Å². The zero-order chi connectivity index (χ0) is 18.7. The van der Waals surface area contributed by atoms with Crippen molar-refractivity contribution in [1.29, 1.82) is 0 Å². The van der Waals surface area contributed by atoms with Crippen molar-refractivity contribution in [3.05, 3.63) is 49.6 Å². The minimum Gasteiger partial charge on any atom is -0.458 e. The van der Waals surface area contributed by atoms with E-state index in [1.54, 1.807) is 20.8 Å². The number of nitrogens with zero attached hydrogens (tertiary/aromatic N) is 2. The molecule has 0 heterocycles. The van der Waals surface area contributed by atoms with Crippen LogP contribution in [0.25, 0.3) is 0 Å². The van der Waals surface area contributed by atoms with Gasteiger partial charge < -0.3 is 4.74 Å². The average Bonchev–Trinajstić information content (AvgIpc) is 2.42. The Morgan fingerprint density at radius 3 is 2.33 bits per heavy atom. The SMILES string of the molecule is Cc1ccc([N+](=O)[O-])cc1C(C[N+](=O)[O-])C(F)C(=O)OC(C)(C)C. The van der Waals surface area contributed by atoms with Crippen LogP contribution in [0, 0.1) is 27.2 Å². The Morgan fingerprint density at radius 1 is 1.29 bits per heavy atom. The van der Waals surface area contributed by atoms with Gasteiger partial charge in [-0.1, -0.05) is 6.07 Å². The van der Waals surface area contributed by atoms with Gasteiger partial charge in [-0.25, -0.2) is 9.18 Å². The Bertz CT molecular complexity index is 656. The van der Waals surface area contributed by atoms with Gasteiger partial charge in [-0.2, -0.15) is 0 Å². The van der Waals surface area contributed by atoms with Gasteiger partial charge >= 0.3 is 5.97 Å². The van der Waals surface area contributed by atoms with Crippen molar-refractivity contribution < 1.29 is 23.8 Å². The first-order valence-electron chi connectivity index (χ1n) is 7.16. The molecular weight excluding hydrogens is 323 g/mol. The highest BCUT2D eigenvalue weighted by Crippen LogP contribution is 2.30. The molecule has 0 bridgehead atoms. The summed E-state index contributed by atoms with van der Waals surface area (Å²) in [6.45, 7) is 5.27. The van der Waals surface area contributed by atoms with Gasteiger partial charge in [0.25, 0.3) is 5.69 Å². The van der Waals surface area contributed by atoms with Crippen molar-refractivity contribution in [2.24, 2.45) is 0 Å². The highest BCUT2D eigenvalue weighted by Gasteiger charge is 2.38. The summed E-state index contributed by atoms with van der Waals surface area (Å²) in [5.74, 6) is -2.71. The fraction of sp³-hybridized carbons (Fsp3) is 0.533. The van der Waals surface area contributed by atoms with Gasteiger partial charge in [0.15, 0.2) is 0 Å². The van der Waals surface area contributed by atoms with E-state index >= 15 is 0 Å². The van der Waals surface area contributed by atoms with Crippen molar-refractivity contribution in [3.63, 3.8) is 0 Å². The number of hydrogen-bond acceptors (Lipinski definition) is 6. The first kappa shape index (κ1) is 19.5. The minimum atomic E-state index is -2.31. The monoisotopic (exact) mass is 342 g/mol. The van der Waals surface area contributed by atoms with Gasteiger partial charge in [0.2, 0.25) is 12.7 Å². The van der Waals surface area contributed by atoms with Crippen molar-refractivity contribution in [2.75, 3.05) is 6.54 Å². The van der Waals surface area contributed by atoms with Crippen LogP contribution < -0.4 is 0 Å². The number of hydrogen-bond donors (Lipinski definition) is 0. The van der Waals surface area contributed by atoms with Crippen LogP contribution in [-0.2, 0) is 9.53 Å². The molecule has 0 aliphatic heterocycles. The maximum atomic E-state index is 14.6. The number of rotatable bonds is 6. The Kier molecular flexibility index (Phi) is 5.94. The Labute approximate surface area is 137 Å². The van der Waals surface area contributed by atoms with E-state index in [9.17, 15) is 29.4 Å². The third kappa shape index (κ3) is 5.25. The van der Waals surface area contributed by atoms with Gasteiger partial charge in [-0.05, 0) is 38.8 Å². The first-order valence-corrected chi connectivity index (χ1v) is 7.16. The van der Waals surface area contributed by atoms with Gasteiger partial charge in [-0.15, -0.1) is 0 Å². The number of alkyl halides is 1. The van der Waals surface area contributed by atoms with Crippen LogP contribution in [0.1, 0.15) is 37.8 Å². The van der Waals surface area contributed by atoms with E-state index in [1.807, 2.05) is 0 Å².